The van der Waals surface area contributed by atoms with E-state index in [1.54, 1.807) is 6.07 Å². The second kappa shape index (κ2) is 7.55. The monoisotopic (exact) mass is 320 g/mol. The molecule has 0 unspecified atom stereocenters. The highest BCUT2D eigenvalue weighted by Gasteiger charge is 2.10. The maximum atomic E-state index is 10.2. The number of phenolic OH excluding ortho intramolecular Hbond substituents is 1. The highest BCUT2D eigenvalue weighted by Crippen LogP contribution is 2.35. The third-order valence-corrected chi connectivity index (χ3v) is 3.72. The van der Waals surface area contributed by atoms with E-state index in [1.807, 2.05) is 73.7 Å². The number of hydrogen-bond donors (Lipinski definition) is 1. The lowest BCUT2D eigenvalue weighted by Gasteiger charge is -2.13. The van der Waals surface area contributed by atoms with Gasteiger partial charge < -0.3 is 14.6 Å². The molecule has 24 heavy (non-hydrogen) atoms. The zero-order chi connectivity index (χ0) is 16.8. The van der Waals surface area contributed by atoms with E-state index in [4.69, 9.17) is 9.47 Å². The Balaban J connectivity index is 1.71. The van der Waals surface area contributed by atoms with E-state index in [2.05, 4.69) is 0 Å². The molecule has 3 heteroatoms. The molecule has 0 aromatic heterocycles. The summed E-state index contributed by atoms with van der Waals surface area (Å²) in [7, 11) is 0. The first-order chi connectivity index (χ1) is 11.7. The summed E-state index contributed by atoms with van der Waals surface area (Å²) in [4.78, 5) is 0. The van der Waals surface area contributed by atoms with Crippen LogP contribution in [-0.4, -0.2) is 5.11 Å². The van der Waals surface area contributed by atoms with E-state index in [0.717, 1.165) is 16.7 Å². The molecule has 0 radical (unpaired) electrons. The van der Waals surface area contributed by atoms with Gasteiger partial charge in [0.1, 0.15) is 19.0 Å². The van der Waals surface area contributed by atoms with Gasteiger partial charge >= 0.3 is 0 Å². The van der Waals surface area contributed by atoms with E-state index in [9.17, 15) is 5.11 Å². The van der Waals surface area contributed by atoms with Gasteiger partial charge in [-0.1, -0.05) is 60.7 Å². The molecule has 1 N–H and O–H groups in total. The quantitative estimate of drug-likeness (QED) is 0.705. The smallest absolute Gasteiger partial charge is 0.165 e. The summed E-state index contributed by atoms with van der Waals surface area (Å²) in [6.45, 7) is 2.71. The molecular weight excluding hydrogens is 300 g/mol. The van der Waals surface area contributed by atoms with E-state index in [-0.39, 0.29) is 5.75 Å². The minimum absolute atomic E-state index is 0.151. The molecule has 0 bridgehead atoms. The predicted molar refractivity (Wildman–Crippen MR) is 94.4 cm³/mol. The summed E-state index contributed by atoms with van der Waals surface area (Å²) < 4.78 is 11.6. The van der Waals surface area contributed by atoms with Crippen LogP contribution in [0, 0.1) is 6.92 Å². The van der Waals surface area contributed by atoms with Gasteiger partial charge in [-0.2, -0.15) is 0 Å². The first-order valence-corrected chi connectivity index (χ1v) is 7.89. The van der Waals surface area contributed by atoms with Crippen LogP contribution in [0.2, 0.25) is 0 Å². The molecule has 0 heterocycles. The van der Waals surface area contributed by atoms with Crippen molar-refractivity contribution in [2.75, 3.05) is 0 Å². The average Bonchev–Trinajstić information content (AvgIpc) is 2.63. The van der Waals surface area contributed by atoms with Gasteiger partial charge in [0.2, 0.25) is 0 Å². The average molecular weight is 320 g/mol. The Bertz CT molecular complexity index is 783. The molecule has 3 nitrogen and oxygen atoms in total. The van der Waals surface area contributed by atoms with Crippen LogP contribution in [0.15, 0.2) is 72.8 Å². The molecule has 0 saturated heterocycles. The van der Waals surface area contributed by atoms with Gasteiger partial charge in [0.05, 0.1) is 0 Å². The van der Waals surface area contributed by atoms with Crippen LogP contribution in [-0.2, 0) is 13.2 Å². The maximum absolute atomic E-state index is 10.2. The number of aromatic hydroxyl groups is 1. The first-order valence-electron chi connectivity index (χ1n) is 7.89. The Kier molecular flexibility index (Phi) is 5.02. The van der Waals surface area contributed by atoms with Crippen LogP contribution in [0.25, 0.3) is 0 Å². The van der Waals surface area contributed by atoms with E-state index in [0.29, 0.717) is 24.7 Å². The predicted octanol–water partition coefficient (Wildman–Crippen LogP) is 4.86. The lowest BCUT2D eigenvalue weighted by Crippen LogP contribution is -1.99. The molecule has 0 saturated carbocycles. The second-order valence-corrected chi connectivity index (χ2v) is 5.64. The van der Waals surface area contributed by atoms with E-state index >= 15 is 0 Å². The Morgan fingerprint density at radius 1 is 0.750 bits per heavy atom. The topological polar surface area (TPSA) is 38.7 Å². The Morgan fingerprint density at radius 2 is 1.29 bits per heavy atom. The molecule has 0 amide bonds. The van der Waals surface area contributed by atoms with Gasteiger partial charge in [0.15, 0.2) is 11.5 Å². The minimum Gasteiger partial charge on any atom is -0.504 e. The molecule has 3 rings (SSSR count). The van der Waals surface area contributed by atoms with Gasteiger partial charge in [-0.05, 0) is 29.7 Å². The van der Waals surface area contributed by atoms with Crippen LogP contribution < -0.4 is 9.47 Å². The zero-order valence-corrected chi connectivity index (χ0v) is 13.6. The number of ether oxygens (including phenoxy) is 2. The molecule has 0 aliphatic heterocycles. The summed E-state index contributed by atoms with van der Waals surface area (Å²) in [6, 6.07) is 23.4. The van der Waals surface area contributed by atoms with Crippen LogP contribution in [0.4, 0.5) is 0 Å². The van der Waals surface area contributed by atoms with Gasteiger partial charge in [-0.15, -0.1) is 0 Å². The molecule has 0 fully saturated rings. The number of aryl methyl sites for hydroxylation is 1. The van der Waals surface area contributed by atoms with Crippen molar-refractivity contribution < 1.29 is 14.6 Å². The van der Waals surface area contributed by atoms with Crippen LogP contribution >= 0.6 is 0 Å². The number of phenols is 1. The molecular formula is C21H20O3. The molecule has 0 aliphatic carbocycles. The highest BCUT2D eigenvalue weighted by molar-refractivity contribution is 5.50. The lowest BCUT2D eigenvalue weighted by molar-refractivity contribution is 0.277. The zero-order valence-electron chi connectivity index (χ0n) is 13.6. The standard InChI is InChI=1S/C21H20O3/c1-16-12-19(23-14-17-8-4-2-5-9-17)13-20(21(16)22)24-15-18-10-6-3-7-11-18/h2-13,22H,14-15H2,1H3. The van der Waals surface area contributed by atoms with E-state index in [1.165, 1.54) is 0 Å². The lowest BCUT2D eigenvalue weighted by atomic mass is 10.2. The number of benzene rings is 3. The van der Waals surface area contributed by atoms with Crippen molar-refractivity contribution in [2.24, 2.45) is 0 Å². The fraction of sp³-hybridized carbons (Fsp3) is 0.143. The van der Waals surface area contributed by atoms with Gasteiger partial charge in [0.25, 0.3) is 0 Å². The summed E-state index contributed by atoms with van der Waals surface area (Å²) in [5, 5.41) is 10.2. The molecule has 3 aromatic carbocycles. The van der Waals surface area contributed by atoms with Gasteiger partial charge in [0, 0.05) is 6.07 Å². The van der Waals surface area contributed by atoms with Crippen LogP contribution in [0.5, 0.6) is 17.2 Å². The minimum atomic E-state index is 0.151. The summed E-state index contributed by atoms with van der Waals surface area (Å²) in [5.74, 6) is 1.26. The third kappa shape index (κ3) is 4.07. The largest absolute Gasteiger partial charge is 0.504 e. The van der Waals surface area contributed by atoms with Gasteiger partial charge in [-0.25, -0.2) is 0 Å². The molecule has 122 valence electrons. The van der Waals surface area contributed by atoms with Crippen molar-refractivity contribution in [3.05, 3.63) is 89.5 Å². The van der Waals surface area contributed by atoms with E-state index < -0.39 is 0 Å². The van der Waals surface area contributed by atoms with Crippen molar-refractivity contribution in [1.82, 2.24) is 0 Å². The van der Waals surface area contributed by atoms with Crippen LogP contribution in [0.1, 0.15) is 16.7 Å². The van der Waals surface area contributed by atoms with Crippen molar-refractivity contribution >= 4 is 0 Å². The molecule has 3 aromatic rings. The number of hydrogen-bond acceptors (Lipinski definition) is 3. The highest BCUT2D eigenvalue weighted by atomic mass is 16.5. The van der Waals surface area contributed by atoms with Gasteiger partial charge in [-0.3, -0.25) is 0 Å². The molecule has 0 atom stereocenters. The Labute approximate surface area is 142 Å². The van der Waals surface area contributed by atoms with Crippen molar-refractivity contribution in [3.63, 3.8) is 0 Å². The summed E-state index contributed by atoms with van der Waals surface area (Å²) in [5.41, 5.74) is 2.86. The summed E-state index contributed by atoms with van der Waals surface area (Å²) >= 11 is 0. The summed E-state index contributed by atoms with van der Waals surface area (Å²) in [6.07, 6.45) is 0. The molecule has 0 aliphatic rings. The number of rotatable bonds is 6. The maximum Gasteiger partial charge on any atom is 0.165 e. The second-order valence-electron chi connectivity index (χ2n) is 5.64. The third-order valence-electron chi connectivity index (χ3n) is 3.72. The molecule has 0 spiro atoms. The SMILES string of the molecule is Cc1cc(OCc2ccccc2)cc(OCc2ccccc2)c1O. The van der Waals surface area contributed by atoms with Crippen molar-refractivity contribution in [3.8, 4) is 17.2 Å². The first kappa shape index (κ1) is 15.9. The fourth-order valence-corrected chi connectivity index (χ4v) is 2.38. The fourth-order valence-electron chi connectivity index (χ4n) is 2.38. The Morgan fingerprint density at radius 3 is 1.88 bits per heavy atom. The van der Waals surface area contributed by atoms with Crippen LogP contribution in [0.3, 0.4) is 0 Å². The van der Waals surface area contributed by atoms with Crippen molar-refractivity contribution in [2.45, 2.75) is 20.1 Å². The van der Waals surface area contributed by atoms with Crippen molar-refractivity contribution in [1.29, 1.82) is 0 Å². The Hall–Kier alpha value is -2.94. The normalized spacial score (nSPS) is 10.4.